The van der Waals surface area contributed by atoms with Crippen molar-refractivity contribution in [1.29, 1.82) is 0 Å². The average Bonchev–Trinajstić information content (AvgIpc) is 2.83. The second kappa shape index (κ2) is 7.25. The van der Waals surface area contributed by atoms with Crippen molar-refractivity contribution in [1.82, 2.24) is 10.2 Å². The van der Waals surface area contributed by atoms with Crippen LogP contribution in [0, 0.1) is 6.92 Å². The average molecular weight is 418 g/mol. The van der Waals surface area contributed by atoms with Gasteiger partial charge in [-0.25, -0.2) is 0 Å². The molecule has 0 radical (unpaired) electrons. The quantitative estimate of drug-likeness (QED) is 0.291. The molecule has 31 heavy (non-hydrogen) atoms. The number of fused-ring (bicyclic) bond motifs is 3. The van der Waals surface area contributed by atoms with Crippen LogP contribution in [0.25, 0.3) is 21.9 Å². The van der Waals surface area contributed by atoms with Gasteiger partial charge in [-0.2, -0.15) is 10.2 Å². The number of hydrogen-bond acceptors (Lipinski definition) is 4. The molecule has 1 aliphatic rings. The van der Waals surface area contributed by atoms with Crippen LogP contribution in [0.5, 0.6) is 0 Å². The van der Waals surface area contributed by atoms with Crippen LogP contribution in [0.15, 0.2) is 107 Å². The number of nitrogens with zero attached hydrogens (tertiary/aromatic N) is 3. The third kappa shape index (κ3) is 2.91. The maximum absolute atomic E-state index is 4.14. The van der Waals surface area contributed by atoms with Gasteiger partial charge in [0.25, 0.3) is 0 Å². The van der Waals surface area contributed by atoms with Gasteiger partial charge in [0.15, 0.2) is 0 Å². The minimum absolute atomic E-state index is 1.10. The minimum Gasteiger partial charge on any atom is -0.308 e. The molecule has 0 amide bonds. The van der Waals surface area contributed by atoms with Crippen LogP contribution in [0.1, 0.15) is 5.56 Å². The fraction of sp³-hybridized carbons (Fsp3) is 0.0370. The molecule has 6 rings (SSSR count). The fourth-order valence-corrected chi connectivity index (χ4v) is 5.44. The molecule has 0 unspecified atom stereocenters. The zero-order chi connectivity index (χ0) is 20.8. The van der Waals surface area contributed by atoms with E-state index >= 15 is 0 Å². The van der Waals surface area contributed by atoms with Crippen molar-refractivity contribution in [2.45, 2.75) is 16.7 Å². The van der Waals surface area contributed by atoms with Crippen LogP contribution in [-0.2, 0) is 0 Å². The second-order valence-electron chi connectivity index (χ2n) is 7.62. The lowest BCUT2D eigenvalue weighted by Gasteiger charge is -2.34. The lowest BCUT2D eigenvalue weighted by atomic mass is 9.95. The van der Waals surface area contributed by atoms with Gasteiger partial charge in [0.05, 0.1) is 23.8 Å². The minimum atomic E-state index is 1.10. The second-order valence-corrected chi connectivity index (χ2v) is 8.70. The highest BCUT2D eigenvalue weighted by molar-refractivity contribution is 7.99. The molecular weight excluding hydrogens is 398 g/mol. The van der Waals surface area contributed by atoms with E-state index in [1.165, 1.54) is 43.5 Å². The van der Waals surface area contributed by atoms with Crippen LogP contribution in [0.2, 0.25) is 0 Å². The molecule has 4 heteroatoms. The number of benzene rings is 4. The van der Waals surface area contributed by atoms with Crippen molar-refractivity contribution in [3.63, 3.8) is 0 Å². The van der Waals surface area contributed by atoms with Crippen molar-refractivity contribution >= 4 is 39.6 Å². The molecule has 1 aliphatic heterocycles. The smallest absolute Gasteiger partial charge is 0.0601 e. The third-order valence-corrected chi connectivity index (χ3v) is 6.99. The van der Waals surface area contributed by atoms with Gasteiger partial charge in [-0.15, -0.1) is 0 Å². The molecule has 2 heterocycles. The Hall–Kier alpha value is -3.63. The first-order valence-corrected chi connectivity index (χ1v) is 11.1. The van der Waals surface area contributed by atoms with Crippen molar-refractivity contribution in [3.8, 4) is 11.1 Å². The van der Waals surface area contributed by atoms with E-state index in [-0.39, 0.29) is 0 Å². The van der Waals surface area contributed by atoms with Crippen molar-refractivity contribution < 1.29 is 0 Å². The molecule has 0 saturated heterocycles. The SMILES string of the molecule is Cc1c(-c2cccc3cnncc23)cccc1N1c2ccccc2Sc2ccccc21. The van der Waals surface area contributed by atoms with E-state index in [0.717, 1.165) is 10.8 Å². The van der Waals surface area contributed by atoms with Gasteiger partial charge >= 0.3 is 0 Å². The maximum atomic E-state index is 4.14. The van der Waals surface area contributed by atoms with E-state index < -0.39 is 0 Å². The molecule has 1 aromatic heterocycles. The Bertz CT molecular complexity index is 1390. The van der Waals surface area contributed by atoms with E-state index in [1.807, 2.05) is 24.2 Å². The summed E-state index contributed by atoms with van der Waals surface area (Å²) >= 11 is 1.83. The predicted molar refractivity (Wildman–Crippen MR) is 129 cm³/mol. The summed E-state index contributed by atoms with van der Waals surface area (Å²) in [6.45, 7) is 2.21. The molecular formula is C27H19N3S. The first-order valence-electron chi connectivity index (χ1n) is 10.3. The first kappa shape index (κ1) is 18.2. The topological polar surface area (TPSA) is 29.0 Å². The van der Waals surface area contributed by atoms with Crippen LogP contribution in [0.3, 0.4) is 0 Å². The molecule has 0 bridgehead atoms. The molecule has 5 aromatic rings. The van der Waals surface area contributed by atoms with E-state index in [0.29, 0.717) is 0 Å². The summed E-state index contributed by atoms with van der Waals surface area (Å²) in [5, 5.41) is 10.4. The number of hydrogen-bond donors (Lipinski definition) is 0. The fourth-order valence-electron chi connectivity index (χ4n) is 4.38. The molecule has 0 spiro atoms. The largest absolute Gasteiger partial charge is 0.308 e. The maximum Gasteiger partial charge on any atom is 0.0601 e. The highest BCUT2D eigenvalue weighted by Crippen LogP contribution is 2.52. The number of para-hydroxylation sites is 2. The number of rotatable bonds is 2. The predicted octanol–water partition coefficient (Wildman–Crippen LogP) is 7.54. The Morgan fingerprint density at radius 3 is 2.00 bits per heavy atom. The molecule has 0 aliphatic carbocycles. The molecule has 0 atom stereocenters. The molecule has 0 N–H and O–H groups in total. The van der Waals surface area contributed by atoms with E-state index in [1.54, 1.807) is 0 Å². The summed E-state index contributed by atoms with van der Waals surface area (Å²) in [6, 6.07) is 30.2. The molecule has 3 nitrogen and oxygen atoms in total. The summed E-state index contributed by atoms with van der Waals surface area (Å²) in [5.74, 6) is 0. The Kier molecular flexibility index (Phi) is 4.25. The first-order chi connectivity index (χ1) is 15.3. The van der Waals surface area contributed by atoms with Gasteiger partial charge in [0, 0.05) is 26.3 Å². The van der Waals surface area contributed by atoms with Crippen LogP contribution < -0.4 is 4.90 Å². The number of anilines is 3. The van der Waals surface area contributed by atoms with Gasteiger partial charge < -0.3 is 4.90 Å². The van der Waals surface area contributed by atoms with Gasteiger partial charge in [-0.3, -0.25) is 0 Å². The lowest BCUT2D eigenvalue weighted by molar-refractivity contribution is 1.05. The van der Waals surface area contributed by atoms with Crippen molar-refractivity contribution in [3.05, 3.63) is 103 Å². The van der Waals surface area contributed by atoms with E-state index in [9.17, 15) is 0 Å². The molecule has 148 valence electrons. The van der Waals surface area contributed by atoms with Gasteiger partial charge in [0.1, 0.15) is 0 Å². The van der Waals surface area contributed by atoms with Crippen molar-refractivity contribution in [2.24, 2.45) is 0 Å². The monoisotopic (exact) mass is 417 g/mol. The van der Waals surface area contributed by atoms with E-state index in [4.69, 9.17) is 0 Å². The third-order valence-electron chi connectivity index (χ3n) is 5.86. The molecule has 4 aromatic carbocycles. The van der Waals surface area contributed by atoms with Gasteiger partial charge in [0.2, 0.25) is 0 Å². The Morgan fingerprint density at radius 1 is 0.613 bits per heavy atom. The Morgan fingerprint density at radius 2 is 1.23 bits per heavy atom. The van der Waals surface area contributed by atoms with Crippen LogP contribution in [-0.4, -0.2) is 10.2 Å². The normalized spacial score (nSPS) is 12.5. The van der Waals surface area contributed by atoms with Crippen LogP contribution in [0.4, 0.5) is 17.1 Å². The van der Waals surface area contributed by atoms with Crippen molar-refractivity contribution in [2.75, 3.05) is 4.90 Å². The number of aromatic nitrogens is 2. The van der Waals surface area contributed by atoms with Gasteiger partial charge in [-0.05, 0) is 53.9 Å². The standard InChI is InChI=1S/C27H19N3S/c1-18-20(21-10-6-8-19-16-28-29-17-22(19)21)9-7-13-23(18)30-24-11-2-4-14-26(24)31-27-15-5-3-12-25(27)30/h2-17H,1H3. The summed E-state index contributed by atoms with van der Waals surface area (Å²) in [7, 11) is 0. The lowest BCUT2D eigenvalue weighted by Crippen LogP contribution is -2.16. The zero-order valence-electron chi connectivity index (χ0n) is 17.0. The highest BCUT2D eigenvalue weighted by atomic mass is 32.2. The summed E-state index contributed by atoms with van der Waals surface area (Å²) in [4.78, 5) is 4.93. The highest BCUT2D eigenvalue weighted by Gasteiger charge is 2.26. The Balaban J connectivity index is 1.60. The van der Waals surface area contributed by atoms with Crippen LogP contribution >= 0.6 is 11.8 Å². The molecule has 0 saturated carbocycles. The van der Waals surface area contributed by atoms with E-state index in [2.05, 4.69) is 107 Å². The summed E-state index contributed by atoms with van der Waals surface area (Å²) < 4.78 is 0. The van der Waals surface area contributed by atoms with Gasteiger partial charge in [-0.1, -0.05) is 66.4 Å². The Labute approximate surface area is 185 Å². The summed E-state index contributed by atoms with van der Waals surface area (Å²) in [6.07, 6.45) is 3.69. The zero-order valence-corrected chi connectivity index (χ0v) is 17.8. The molecule has 0 fully saturated rings. The summed E-state index contributed by atoms with van der Waals surface area (Å²) in [5.41, 5.74) is 7.26.